The molecule has 2 aliphatic heterocycles. The van der Waals surface area contributed by atoms with Crippen LogP contribution in [0.3, 0.4) is 0 Å². The number of para-hydroxylation sites is 1. The van der Waals surface area contributed by atoms with Crippen molar-refractivity contribution in [2.75, 3.05) is 26.7 Å². The SMILES string of the molecule is Cc1c(C(=O)N2C[C@@H]3CN(C)[C@@H](c4ccccc4)[C@@H]3C2)[nH]c2c(F)cccc12.Cl. The van der Waals surface area contributed by atoms with Crippen molar-refractivity contribution in [3.05, 3.63) is 71.2 Å². The number of rotatable bonds is 2. The summed E-state index contributed by atoms with van der Waals surface area (Å²) < 4.78 is 14.1. The Labute approximate surface area is 176 Å². The zero-order chi connectivity index (χ0) is 19.4. The molecule has 0 radical (unpaired) electrons. The van der Waals surface area contributed by atoms with Crippen molar-refractivity contribution in [2.45, 2.75) is 13.0 Å². The van der Waals surface area contributed by atoms with Crippen molar-refractivity contribution in [1.82, 2.24) is 14.8 Å². The Kier molecular flexibility index (Phi) is 5.13. The van der Waals surface area contributed by atoms with Gasteiger partial charge in [0.1, 0.15) is 11.5 Å². The molecule has 1 aromatic heterocycles. The molecule has 0 bridgehead atoms. The summed E-state index contributed by atoms with van der Waals surface area (Å²) in [5.74, 6) is 0.569. The molecule has 3 heterocycles. The first kappa shape index (κ1) is 19.9. The minimum Gasteiger partial charge on any atom is -0.348 e. The molecule has 0 unspecified atom stereocenters. The van der Waals surface area contributed by atoms with E-state index in [0.717, 1.165) is 30.6 Å². The highest BCUT2D eigenvalue weighted by atomic mass is 35.5. The predicted molar refractivity (Wildman–Crippen MR) is 115 cm³/mol. The quantitative estimate of drug-likeness (QED) is 0.675. The summed E-state index contributed by atoms with van der Waals surface area (Å²) in [7, 11) is 2.17. The molecular formula is C23H25ClFN3O. The summed E-state index contributed by atoms with van der Waals surface area (Å²) in [6.07, 6.45) is 0. The lowest BCUT2D eigenvalue weighted by molar-refractivity contribution is 0.0762. The molecule has 0 aliphatic carbocycles. The number of aryl methyl sites for hydroxylation is 1. The summed E-state index contributed by atoms with van der Waals surface area (Å²) in [6, 6.07) is 15.9. The maximum absolute atomic E-state index is 14.1. The molecule has 2 saturated heterocycles. The predicted octanol–water partition coefficient (Wildman–Crippen LogP) is 4.41. The number of H-pyrrole nitrogens is 1. The Morgan fingerprint density at radius 3 is 2.55 bits per heavy atom. The fraction of sp³-hybridized carbons (Fsp3) is 0.348. The van der Waals surface area contributed by atoms with Gasteiger partial charge >= 0.3 is 0 Å². The van der Waals surface area contributed by atoms with Crippen LogP contribution in [-0.2, 0) is 0 Å². The van der Waals surface area contributed by atoms with E-state index in [1.165, 1.54) is 11.6 Å². The number of benzene rings is 2. The highest BCUT2D eigenvalue weighted by molar-refractivity contribution is 6.01. The fourth-order valence-electron chi connectivity index (χ4n) is 5.26. The van der Waals surface area contributed by atoms with Crippen molar-refractivity contribution < 1.29 is 9.18 Å². The normalized spacial score (nSPS) is 24.0. The number of nitrogens with zero attached hydrogens (tertiary/aromatic N) is 2. The molecule has 2 fully saturated rings. The van der Waals surface area contributed by atoms with Gasteiger partial charge in [0.15, 0.2) is 0 Å². The van der Waals surface area contributed by atoms with Gasteiger partial charge in [0.05, 0.1) is 5.52 Å². The lowest BCUT2D eigenvalue weighted by Gasteiger charge is -2.26. The van der Waals surface area contributed by atoms with Gasteiger partial charge in [0.2, 0.25) is 0 Å². The van der Waals surface area contributed by atoms with Crippen molar-refractivity contribution in [2.24, 2.45) is 11.8 Å². The van der Waals surface area contributed by atoms with Crippen LogP contribution < -0.4 is 0 Å². The minimum atomic E-state index is -0.316. The Morgan fingerprint density at radius 2 is 1.83 bits per heavy atom. The number of amides is 1. The van der Waals surface area contributed by atoms with Crippen molar-refractivity contribution >= 4 is 29.2 Å². The Morgan fingerprint density at radius 1 is 1.07 bits per heavy atom. The van der Waals surface area contributed by atoms with Crippen LogP contribution in [0, 0.1) is 24.6 Å². The maximum Gasteiger partial charge on any atom is 0.270 e. The summed E-state index contributed by atoms with van der Waals surface area (Å²) in [5.41, 5.74) is 3.08. The van der Waals surface area contributed by atoms with Crippen LogP contribution in [0.4, 0.5) is 4.39 Å². The van der Waals surface area contributed by atoms with Gasteiger partial charge in [-0.1, -0.05) is 42.5 Å². The summed E-state index contributed by atoms with van der Waals surface area (Å²) >= 11 is 0. The molecule has 1 N–H and O–H groups in total. The first-order valence-corrected chi connectivity index (χ1v) is 9.86. The van der Waals surface area contributed by atoms with Crippen LogP contribution in [0.25, 0.3) is 10.9 Å². The molecule has 6 heteroatoms. The zero-order valence-electron chi connectivity index (χ0n) is 16.6. The molecule has 3 atom stereocenters. The van der Waals surface area contributed by atoms with Gasteiger partial charge < -0.3 is 9.88 Å². The van der Waals surface area contributed by atoms with Gasteiger partial charge in [-0.05, 0) is 37.1 Å². The molecule has 2 aliphatic rings. The van der Waals surface area contributed by atoms with E-state index in [4.69, 9.17) is 0 Å². The number of carbonyl (C=O) groups excluding carboxylic acids is 1. The van der Waals surface area contributed by atoms with E-state index in [1.807, 2.05) is 24.0 Å². The van der Waals surface area contributed by atoms with E-state index < -0.39 is 0 Å². The van der Waals surface area contributed by atoms with E-state index in [0.29, 0.717) is 29.1 Å². The first-order chi connectivity index (χ1) is 13.5. The Hall–Kier alpha value is -2.37. The van der Waals surface area contributed by atoms with Crippen LogP contribution in [0.5, 0.6) is 0 Å². The summed E-state index contributed by atoms with van der Waals surface area (Å²) in [5, 5.41) is 0.782. The molecule has 29 heavy (non-hydrogen) atoms. The number of hydrogen-bond acceptors (Lipinski definition) is 2. The number of hydrogen-bond donors (Lipinski definition) is 1. The van der Waals surface area contributed by atoms with Gasteiger partial charge in [0, 0.05) is 37.0 Å². The van der Waals surface area contributed by atoms with Crippen molar-refractivity contribution in [3.8, 4) is 0 Å². The highest BCUT2D eigenvalue weighted by Crippen LogP contribution is 2.44. The van der Waals surface area contributed by atoms with E-state index in [-0.39, 0.29) is 24.1 Å². The monoisotopic (exact) mass is 413 g/mol. The molecule has 4 nitrogen and oxygen atoms in total. The fourth-order valence-corrected chi connectivity index (χ4v) is 5.26. The van der Waals surface area contributed by atoms with Gasteiger partial charge in [-0.3, -0.25) is 9.69 Å². The number of halogens is 2. The first-order valence-electron chi connectivity index (χ1n) is 9.86. The second-order valence-corrected chi connectivity index (χ2v) is 8.22. The van der Waals surface area contributed by atoms with Crippen molar-refractivity contribution in [3.63, 3.8) is 0 Å². The minimum absolute atomic E-state index is 0. The second-order valence-electron chi connectivity index (χ2n) is 8.22. The number of aromatic amines is 1. The molecule has 0 saturated carbocycles. The molecule has 1 amide bonds. The van der Waals surface area contributed by atoms with E-state index in [2.05, 4.69) is 41.2 Å². The van der Waals surface area contributed by atoms with Crippen LogP contribution >= 0.6 is 12.4 Å². The van der Waals surface area contributed by atoms with E-state index in [9.17, 15) is 9.18 Å². The van der Waals surface area contributed by atoms with Gasteiger partial charge in [-0.25, -0.2) is 4.39 Å². The van der Waals surface area contributed by atoms with E-state index >= 15 is 0 Å². The van der Waals surface area contributed by atoms with E-state index in [1.54, 1.807) is 6.07 Å². The highest BCUT2D eigenvalue weighted by Gasteiger charge is 2.47. The summed E-state index contributed by atoms with van der Waals surface area (Å²) in [4.78, 5) is 20.7. The van der Waals surface area contributed by atoms with Crippen LogP contribution in [0.1, 0.15) is 27.7 Å². The molecule has 152 valence electrons. The smallest absolute Gasteiger partial charge is 0.270 e. The maximum atomic E-state index is 14.1. The van der Waals surface area contributed by atoms with Gasteiger partial charge in [0.25, 0.3) is 5.91 Å². The average Bonchev–Trinajstić information content (AvgIpc) is 3.33. The van der Waals surface area contributed by atoms with Crippen LogP contribution in [0.2, 0.25) is 0 Å². The third-order valence-electron chi connectivity index (χ3n) is 6.58. The number of likely N-dealkylation sites (tertiary alicyclic amines) is 2. The van der Waals surface area contributed by atoms with Crippen molar-refractivity contribution in [1.29, 1.82) is 0 Å². The standard InChI is InChI=1S/C23H24FN3O.ClH/c1-14-17-9-6-10-19(24)21(17)25-20(14)23(28)27-12-16-11-26(2)22(18(16)13-27)15-7-4-3-5-8-15;/h3-10,16,18,22,25H,11-13H2,1-2H3;1H/t16-,18+,22-;/m0./s1. The average molecular weight is 414 g/mol. The molecular weight excluding hydrogens is 389 g/mol. The third kappa shape index (κ3) is 3.13. The molecule has 3 aromatic rings. The van der Waals surface area contributed by atoms with Gasteiger partial charge in [-0.2, -0.15) is 0 Å². The van der Waals surface area contributed by atoms with Crippen LogP contribution in [-0.4, -0.2) is 47.4 Å². The second kappa shape index (κ2) is 7.47. The Balaban J connectivity index is 0.00000205. The number of aromatic nitrogens is 1. The zero-order valence-corrected chi connectivity index (χ0v) is 17.4. The lowest BCUT2D eigenvalue weighted by Crippen LogP contribution is -2.33. The van der Waals surface area contributed by atoms with Gasteiger partial charge in [-0.15, -0.1) is 12.4 Å². The topological polar surface area (TPSA) is 39.3 Å². The van der Waals surface area contributed by atoms with Crippen LogP contribution in [0.15, 0.2) is 48.5 Å². The number of carbonyl (C=O) groups is 1. The third-order valence-corrected chi connectivity index (χ3v) is 6.58. The Bertz CT molecular complexity index is 1050. The number of fused-ring (bicyclic) bond motifs is 2. The number of nitrogens with one attached hydrogen (secondary N) is 1. The molecule has 5 rings (SSSR count). The largest absolute Gasteiger partial charge is 0.348 e. The lowest BCUT2D eigenvalue weighted by atomic mass is 9.90. The molecule has 0 spiro atoms. The molecule has 2 aromatic carbocycles. The summed E-state index contributed by atoms with van der Waals surface area (Å²) in [6.45, 7) is 4.39.